The number of anilines is 1. The number of methoxy groups -OCH3 is 1. The molecule has 1 amide bonds. The lowest BCUT2D eigenvalue weighted by molar-refractivity contribution is -0.117. The molecule has 0 heterocycles. The first kappa shape index (κ1) is 19.4. The Morgan fingerprint density at radius 1 is 1.16 bits per heavy atom. The van der Waals surface area contributed by atoms with Gasteiger partial charge in [-0.05, 0) is 55.8 Å². The minimum atomic E-state index is -3.91. The van der Waals surface area contributed by atoms with Crippen molar-refractivity contribution < 1.29 is 17.9 Å². The van der Waals surface area contributed by atoms with Gasteiger partial charge >= 0.3 is 0 Å². The molecule has 0 aliphatic rings. The van der Waals surface area contributed by atoms with Gasteiger partial charge in [0.15, 0.2) is 0 Å². The van der Waals surface area contributed by atoms with E-state index < -0.39 is 22.0 Å². The number of aryl methyl sites for hydroxylation is 1. The lowest BCUT2D eigenvalue weighted by atomic mass is 10.2. The van der Waals surface area contributed by atoms with Crippen LogP contribution in [0.25, 0.3) is 0 Å². The summed E-state index contributed by atoms with van der Waals surface area (Å²) >= 11 is 3.31. The fourth-order valence-corrected chi connectivity index (χ4v) is 3.85. The minimum Gasteiger partial charge on any atom is -0.495 e. The van der Waals surface area contributed by atoms with E-state index in [0.29, 0.717) is 5.69 Å². The van der Waals surface area contributed by atoms with Crippen molar-refractivity contribution in [3.63, 3.8) is 0 Å². The van der Waals surface area contributed by atoms with Gasteiger partial charge in [0.2, 0.25) is 15.9 Å². The zero-order chi connectivity index (χ0) is 18.6. The molecule has 0 saturated heterocycles. The van der Waals surface area contributed by atoms with Crippen LogP contribution in [0.3, 0.4) is 0 Å². The first-order valence-electron chi connectivity index (χ1n) is 7.46. The van der Waals surface area contributed by atoms with E-state index in [1.807, 2.05) is 0 Å². The first-order chi connectivity index (χ1) is 11.7. The van der Waals surface area contributed by atoms with Gasteiger partial charge in [0.25, 0.3) is 0 Å². The maximum atomic E-state index is 12.6. The van der Waals surface area contributed by atoms with E-state index in [1.165, 1.54) is 20.1 Å². The molecule has 134 valence electrons. The molecule has 6 nitrogen and oxygen atoms in total. The molecule has 0 saturated carbocycles. The van der Waals surface area contributed by atoms with Gasteiger partial charge in [0.1, 0.15) is 10.6 Å². The van der Waals surface area contributed by atoms with Crippen LogP contribution in [0.4, 0.5) is 5.69 Å². The Hall–Kier alpha value is -1.90. The Kier molecular flexibility index (Phi) is 6.21. The van der Waals surface area contributed by atoms with Crippen LogP contribution in [0.2, 0.25) is 0 Å². The van der Waals surface area contributed by atoms with E-state index in [1.54, 1.807) is 43.3 Å². The molecule has 25 heavy (non-hydrogen) atoms. The van der Waals surface area contributed by atoms with Crippen LogP contribution in [-0.4, -0.2) is 27.5 Å². The molecule has 1 atom stereocenters. The van der Waals surface area contributed by atoms with Crippen molar-refractivity contribution in [1.29, 1.82) is 0 Å². The highest BCUT2D eigenvalue weighted by Crippen LogP contribution is 2.24. The maximum absolute atomic E-state index is 12.6. The van der Waals surface area contributed by atoms with Crippen LogP contribution < -0.4 is 14.8 Å². The number of halogens is 1. The monoisotopic (exact) mass is 426 g/mol. The molecular formula is C17H19BrN2O4S. The number of hydrogen-bond donors (Lipinski definition) is 2. The predicted octanol–water partition coefficient (Wildman–Crippen LogP) is 3.07. The van der Waals surface area contributed by atoms with Gasteiger partial charge in [0, 0.05) is 10.2 Å². The van der Waals surface area contributed by atoms with Gasteiger partial charge in [-0.3, -0.25) is 4.79 Å². The number of ether oxygens (including phenoxy) is 1. The van der Waals surface area contributed by atoms with Crippen molar-refractivity contribution in [2.75, 3.05) is 12.4 Å². The molecule has 2 aromatic carbocycles. The number of carbonyl (C=O) groups is 1. The average molecular weight is 427 g/mol. The molecule has 0 bridgehead atoms. The average Bonchev–Trinajstić information content (AvgIpc) is 2.56. The highest BCUT2D eigenvalue weighted by atomic mass is 79.9. The second-order valence-corrected chi connectivity index (χ2v) is 8.09. The summed E-state index contributed by atoms with van der Waals surface area (Å²) in [4.78, 5) is 12.2. The molecule has 2 aromatic rings. The van der Waals surface area contributed by atoms with Crippen LogP contribution in [-0.2, 0) is 14.8 Å². The van der Waals surface area contributed by atoms with Gasteiger partial charge in [0.05, 0.1) is 13.2 Å². The summed E-state index contributed by atoms with van der Waals surface area (Å²) in [5.74, 6) is -0.240. The van der Waals surface area contributed by atoms with E-state index in [9.17, 15) is 13.2 Å². The predicted molar refractivity (Wildman–Crippen MR) is 100 cm³/mol. The highest BCUT2D eigenvalue weighted by molar-refractivity contribution is 9.10. The van der Waals surface area contributed by atoms with E-state index in [-0.39, 0.29) is 10.6 Å². The fourth-order valence-electron chi connectivity index (χ4n) is 2.13. The van der Waals surface area contributed by atoms with Crippen LogP contribution in [0, 0.1) is 6.92 Å². The van der Waals surface area contributed by atoms with Crippen molar-refractivity contribution in [3.8, 4) is 5.75 Å². The van der Waals surface area contributed by atoms with Crippen LogP contribution in [0.15, 0.2) is 51.8 Å². The molecule has 0 aliphatic carbocycles. The third-order valence-electron chi connectivity index (χ3n) is 3.45. The highest BCUT2D eigenvalue weighted by Gasteiger charge is 2.25. The third-order valence-corrected chi connectivity index (χ3v) is 5.54. The molecule has 2 rings (SSSR count). The molecular weight excluding hydrogens is 408 g/mol. The van der Waals surface area contributed by atoms with E-state index in [4.69, 9.17) is 4.74 Å². The molecule has 0 aromatic heterocycles. The zero-order valence-electron chi connectivity index (χ0n) is 14.0. The number of sulfonamides is 1. The fraction of sp³-hybridized carbons (Fsp3) is 0.235. The molecule has 8 heteroatoms. The second kappa shape index (κ2) is 7.99. The van der Waals surface area contributed by atoms with Gasteiger partial charge in [-0.2, -0.15) is 4.72 Å². The summed E-state index contributed by atoms with van der Waals surface area (Å²) in [5, 5.41) is 2.66. The molecule has 0 fully saturated rings. The molecule has 0 radical (unpaired) electrons. The molecule has 2 N–H and O–H groups in total. The number of benzene rings is 2. The van der Waals surface area contributed by atoms with Crippen molar-refractivity contribution >= 4 is 37.5 Å². The summed E-state index contributed by atoms with van der Waals surface area (Å²) < 4.78 is 33.6. The number of amides is 1. The molecule has 0 aliphatic heterocycles. The third kappa shape index (κ3) is 5.04. The lowest BCUT2D eigenvalue weighted by Crippen LogP contribution is -2.41. The first-order valence-corrected chi connectivity index (χ1v) is 9.74. The van der Waals surface area contributed by atoms with Crippen LogP contribution >= 0.6 is 15.9 Å². The van der Waals surface area contributed by atoms with Gasteiger partial charge in [-0.25, -0.2) is 8.42 Å². The van der Waals surface area contributed by atoms with Crippen LogP contribution in [0.5, 0.6) is 5.75 Å². The Morgan fingerprint density at radius 3 is 2.40 bits per heavy atom. The van der Waals surface area contributed by atoms with Crippen molar-refractivity contribution in [3.05, 3.63) is 52.5 Å². The Bertz CT molecular complexity index is 867. The summed E-state index contributed by atoms with van der Waals surface area (Å²) in [6, 6.07) is 10.9. The standard InChI is InChI=1S/C17H19BrN2O4S/c1-11-4-9-15(24-3)16(10-11)25(22,23)20-12(2)17(21)19-14-7-5-13(18)6-8-14/h4-10,12,20H,1-3H3,(H,19,21)/t12-/m0/s1. The van der Waals surface area contributed by atoms with Crippen molar-refractivity contribution in [2.24, 2.45) is 0 Å². The Labute approximate surface area is 155 Å². The quantitative estimate of drug-likeness (QED) is 0.742. The number of rotatable bonds is 6. The van der Waals surface area contributed by atoms with Crippen molar-refractivity contribution in [2.45, 2.75) is 24.8 Å². The largest absolute Gasteiger partial charge is 0.495 e. The number of nitrogens with one attached hydrogen (secondary N) is 2. The lowest BCUT2D eigenvalue weighted by Gasteiger charge is -2.16. The smallest absolute Gasteiger partial charge is 0.244 e. The van der Waals surface area contributed by atoms with E-state index >= 15 is 0 Å². The van der Waals surface area contributed by atoms with Gasteiger partial charge in [-0.15, -0.1) is 0 Å². The Balaban J connectivity index is 2.15. The number of hydrogen-bond acceptors (Lipinski definition) is 4. The van der Waals surface area contributed by atoms with Crippen LogP contribution in [0.1, 0.15) is 12.5 Å². The van der Waals surface area contributed by atoms with Gasteiger partial charge < -0.3 is 10.1 Å². The minimum absolute atomic E-state index is 0.00158. The molecule has 0 unspecified atom stereocenters. The summed E-state index contributed by atoms with van der Waals surface area (Å²) in [6.45, 7) is 3.26. The SMILES string of the molecule is COc1ccc(C)cc1S(=O)(=O)N[C@@H](C)C(=O)Nc1ccc(Br)cc1. The Morgan fingerprint density at radius 2 is 1.80 bits per heavy atom. The van der Waals surface area contributed by atoms with E-state index in [0.717, 1.165) is 10.0 Å². The maximum Gasteiger partial charge on any atom is 0.244 e. The normalized spacial score (nSPS) is 12.5. The zero-order valence-corrected chi connectivity index (χ0v) is 16.4. The number of carbonyl (C=O) groups excluding carboxylic acids is 1. The summed E-state index contributed by atoms with van der Waals surface area (Å²) in [6.07, 6.45) is 0. The summed E-state index contributed by atoms with van der Waals surface area (Å²) in [5.41, 5.74) is 1.35. The second-order valence-electron chi connectivity index (χ2n) is 5.49. The summed E-state index contributed by atoms with van der Waals surface area (Å²) in [7, 11) is -2.52. The van der Waals surface area contributed by atoms with Gasteiger partial charge in [-0.1, -0.05) is 22.0 Å². The topological polar surface area (TPSA) is 84.5 Å². The van der Waals surface area contributed by atoms with E-state index in [2.05, 4.69) is 26.0 Å². The van der Waals surface area contributed by atoms with Crippen molar-refractivity contribution in [1.82, 2.24) is 4.72 Å². The molecule has 0 spiro atoms.